The summed E-state index contributed by atoms with van der Waals surface area (Å²) in [4.78, 5) is 14.8. The Bertz CT molecular complexity index is 528. The molecule has 4 heteroatoms. The standard InChI is InChI=1S/C19H30N2O2/c1-5-23-12-8-11-20-14-18(22)21-17-10-7-6-9-16(17)15(2)13-19(21,3)4/h6-7,9-10,15,20H,5,8,11-14H2,1-4H3/t15-/m0/s1. The summed E-state index contributed by atoms with van der Waals surface area (Å²) in [7, 11) is 0. The molecule has 0 radical (unpaired) electrons. The van der Waals surface area contributed by atoms with Crippen molar-refractivity contribution in [2.45, 2.75) is 52.0 Å². The molecule has 4 nitrogen and oxygen atoms in total. The molecule has 1 aromatic carbocycles. The molecule has 0 spiro atoms. The van der Waals surface area contributed by atoms with Crippen molar-refractivity contribution in [3.63, 3.8) is 0 Å². The van der Waals surface area contributed by atoms with Crippen LogP contribution in [-0.4, -0.2) is 37.7 Å². The van der Waals surface area contributed by atoms with E-state index in [2.05, 4.69) is 44.3 Å². The largest absolute Gasteiger partial charge is 0.382 e. The Morgan fingerprint density at radius 1 is 1.39 bits per heavy atom. The number of benzene rings is 1. The van der Waals surface area contributed by atoms with Crippen molar-refractivity contribution in [2.75, 3.05) is 31.2 Å². The Labute approximate surface area is 140 Å². The predicted octanol–water partition coefficient (Wildman–Crippen LogP) is 3.32. The molecule has 0 unspecified atom stereocenters. The lowest BCUT2D eigenvalue weighted by molar-refractivity contribution is -0.119. The fourth-order valence-electron chi connectivity index (χ4n) is 3.57. The van der Waals surface area contributed by atoms with Gasteiger partial charge in [0.1, 0.15) is 0 Å². The molecule has 0 fully saturated rings. The van der Waals surface area contributed by atoms with Crippen LogP contribution >= 0.6 is 0 Å². The number of carbonyl (C=O) groups is 1. The van der Waals surface area contributed by atoms with Crippen molar-refractivity contribution < 1.29 is 9.53 Å². The Kier molecular flexibility index (Phi) is 6.19. The Hall–Kier alpha value is -1.39. The molecule has 1 aliphatic heterocycles. The summed E-state index contributed by atoms with van der Waals surface area (Å²) in [6.45, 7) is 11.2. The van der Waals surface area contributed by atoms with Crippen molar-refractivity contribution >= 4 is 11.6 Å². The normalized spacial score (nSPS) is 19.5. The van der Waals surface area contributed by atoms with Gasteiger partial charge in [-0.15, -0.1) is 0 Å². The molecule has 1 atom stereocenters. The quantitative estimate of drug-likeness (QED) is 0.784. The molecule has 1 aliphatic rings. The van der Waals surface area contributed by atoms with E-state index in [9.17, 15) is 4.79 Å². The number of nitrogens with one attached hydrogen (secondary N) is 1. The number of amides is 1. The van der Waals surface area contributed by atoms with Crippen LogP contribution in [0.4, 0.5) is 5.69 Å². The molecule has 0 aromatic heterocycles. The first-order valence-electron chi connectivity index (χ1n) is 8.68. The minimum Gasteiger partial charge on any atom is -0.382 e. The van der Waals surface area contributed by atoms with E-state index in [-0.39, 0.29) is 11.4 Å². The summed E-state index contributed by atoms with van der Waals surface area (Å²) in [6.07, 6.45) is 1.91. The van der Waals surface area contributed by atoms with Gasteiger partial charge in [-0.2, -0.15) is 0 Å². The number of rotatable bonds is 7. The molecule has 0 saturated heterocycles. The van der Waals surface area contributed by atoms with Crippen LogP contribution in [-0.2, 0) is 9.53 Å². The van der Waals surface area contributed by atoms with Gasteiger partial charge in [0.25, 0.3) is 0 Å². The van der Waals surface area contributed by atoms with E-state index < -0.39 is 0 Å². The van der Waals surface area contributed by atoms with Gasteiger partial charge in [-0.3, -0.25) is 4.79 Å². The molecule has 2 rings (SSSR count). The van der Waals surface area contributed by atoms with Gasteiger partial charge in [0.05, 0.1) is 6.54 Å². The van der Waals surface area contributed by atoms with Crippen molar-refractivity contribution in [3.8, 4) is 0 Å². The Morgan fingerprint density at radius 2 is 2.13 bits per heavy atom. The molecule has 1 N–H and O–H groups in total. The topological polar surface area (TPSA) is 41.6 Å². The third kappa shape index (κ3) is 4.33. The molecular weight excluding hydrogens is 288 g/mol. The van der Waals surface area contributed by atoms with Crippen LogP contribution in [0.3, 0.4) is 0 Å². The molecule has 0 saturated carbocycles. The Balaban J connectivity index is 2.02. The second kappa shape index (κ2) is 7.93. The van der Waals surface area contributed by atoms with Gasteiger partial charge in [0, 0.05) is 24.4 Å². The molecule has 0 aliphatic carbocycles. The lowest BCUT2D eigenvalue weighted by Gasteiger charge is -2.46. The maximum atomic E-state index is 12.8. The zero-order valence-corrected chi connectivity index (χ0v) is 14.9. The fraction of sp³-hybridized carbons (Fsp3) is 0.632. The van der Waals surface area contributed by atoms with E-state index in [1.165, 1.54) is 5.56 Å². The monoisotopic (exact) mass is 318 g/mol. The van der Waals surface area contributed by atoms with Crippen molar-refractivity contribution in [2.24, 2.45) is 0 Å². The lowest BCUT2D eigenvalue weighted by Crippen LogP contribution is -2.54. The molecule has 23 heavy (non-hydrogen) atoms. The maximum Gasteiger partial charge on any atom is 0.241 e. The summed E-state index contributed by atoms with van der Waals surface area (Å²) in [5, 5.41) is 3.25. The van der Waals surface area contributed by atoms with E-state index in [0.29, 0.717) is 12.5 Å². The van der Waals surface area contributed by atoms with E-state index >= 15 is 0 Å². The maximum absolute atomic E-state index is 12.8. The van der Waals surface area contributed by atoms with Crippen LogP contribution in [0.2, 0.25) is 0 Å². The fourth-order valence-corrected chi connectivity index (χ4v) is 3.57. The summed E-state index contributed by atoms with van der Waals surface area (Å²) in [5.74, 6) is 0.621. The third-order valence-electron chi connectivity index (χ3n) is 4.49. The van der Waals surface area contributed by atoms with Crippen molar-refractivity contribution in [1.29, 1.82) is 0 Å². The van der Waals surface area contributed by atoms with Crippen LogP contribution in [0.25, 0.3) is 0 Å². The van der Waals surface area contributed by atoms with Crippen LogP contribution in [0.1, 0.15) is 52.0 Å². The van der Waals surface area contributed by atoms with Crippen molar-refractivity contribution in [3.05, 3.63) is 29.8 Å². The average Bonchev–Trinajstić information content (AvgIpc) is 2.50. The van der Waals surface area contributed by atoms with E-state index in [1.807, 2.05) is 17.9 Å². The summed E-state index contributed by atoms with van der Waals surface area (Å²) in [5.41, 5.74) is 2.19. The smallest absolute Gasteiger partial charge is 0.241 e. The summed E-state index contributed by atoms with van der Waals surface area (Å²) >= 11 is 0. The van der Waals surface area contributed by atoms with Crippen molar-refractivity contribution in [1.82, 2.24) is 5.32 Å². The SMILES string of the molecule is CCOCCCNCC(=O)N1c2ccccc2[C@@H](C)CC1(C)C. The summed E-state index contributed by atoms with van der Waals surface area (Å²) in [6, 6.07) is 8.29. The first-order valence-corrected chi connectivity index (χ1v) is 8.68. The highest BCUT2D eigenvalue weighted by molar-refractivity contribution is 5.97. The molecule has 0 bridgehead atoms. The number of nitrogens with zero attached hydrogens (tertiary/aromatic N) is 1. The number of carbonyl (C=O) groups excluding carboxylic acids is 1. The van der Waals surface area contributed by atoms with Gasteiger partial charge in [-0.25, -0.2) is 0 Å². The second-order valence-electron chi connectivity index (χ2n) is 6.93. The highest BCUT2D eigenvalue weighted by atomic mass is 16.5. The number of anilines is 1. The van der Waals surface area contributed by atoms with Gasteiger partial charge in [-0.05, 0) is 57.7 Å². The second-order valence-corrected chi connectivity index (χ2v) is 6.93. The number of fused-ring (bicyclic) bond motifs is 1. The van der Waals surface area contributed by atoms with Gasteiger partial charge in [0.15, 0.2) is 0 Å². The first kappa shape index (κ1) is 18.0. The van der Waals surface area contributed by atoms with Gasteiger partial charge in [0.2, 0.25) is 5.91 Å². The molecule has 1 heterocycles. The minimum atomic E-state index is -0.155. The van der Waals surface area contributed by atoms with E-state index in [4.69, 9.17) is 4.74 Å². The highest BCUT2D eigenvalue weighted by Crippen LogP contribution is 2.42. The zero-order valence-electron chi connectivity index (χ0n) is 14.9. The van der Waals surface area contributed by atoms with Crippen LogP contribution in [0.5, 0.6) is 0 Å². The number of para-hydroxylation sites is 1. The molecule has 128 valence electrons. The van der Waals surface area contributed by atoms with Crippen LogP contribution in [0.15, 0.2) is 24.3 Å². The van der Waals surface area contributed by atoms with Gasteiger partial charge < -0.3 is 15.0 Å². The number of hydrogen-bond donors (Lipinski definition) is 1. The average molecular weight is 318 g/mol. The zero-order chi connectivity index (χ0) is 16.9. The molecule has 1 amide bonds. The third-order valence-corrected chi connectivity index (χ3v) is 4.49. The van der Waals surface area contributed by atoms with Crippen LogP contribution < -0.4 is 10.2 Å². The lowest BCUT2D eigenvalue weighted by atomic mass is 9.80. The van der Waals surface area contributed by atoms with Gasteiger partial charge >= 0.3 is 0 Å². The highest BCUT2D eigenvalue weighted by Gasteiger charge is 2.39. The first-order chi connectivity index (χ1) is 11.0. The van der Waals surface area contributed by atoms with E-state index in [1.54, 1.807) is 0 Å². The van der Waals surface area contributed by atoms with Crippen LogP contribution in [0, 0.1) is 0 Å². The number of ether oxygens (including phenoxy) is 1. The molecular formula is C19H30N2O2. The predicted molar refractivity (Wildman–Crippen MR) is 95.0 cm³/mol. The number of hydrogen-bond acceptors (Lipinski definition) is 3. The minimum absolute atomic E-state index is 0.144. The van der Waals surface area contributed by atoms with E-state index in [0.717, 1.165) is 38.3 Å². The Morgan fingerprint density at radius 3 is 2.87 bits per heavy atom. The summed E-state index contributed by atoms with van der Waals surface area (Å²) < 4.78 is 5.31. The molecule has 1 aromatic rings. The van der Waals surface area contributed by atoms with Gasteiger partial charge in [-0.1, -0.05) is 25.1 Å².